The van der Waals surface area contributed by atoms with Crippen LogP contribution in [0.1, 0.15) is 110 Å². The molecular formula is C37H46O5. The molecule has 3 rings (SSSR count). The van der Waals surface area contributed by atoms with Crippen molar-refractivity contribution in [3.8, 4) is 17.2 Å². The molecule has 224 valence electrons. The van der Waals surface area contributed by atoms with Crippen LogP contribution < -0.4 is 14.2 Å². The summed E-state index contributed by atoms with van der Waals surface area (Å²) in [5.74, 6) is 1.29. The number of carbonyl (C=O) groups is 2. The molecule has 0 amide bonds. The van der Waals surface area contributed by atoms with Gasteiger partial charge in [0.2, 0.25) is 0 Å². The first-order chi connectivity index (χ1) is 20.6. The lowest BCUT2D eigenvalue weighted by atomic mass is 10.1. The van der Waals surface area contributed by atoms with Gasteiger partial charge in [0.05, 0.1) is 19.3 Å². The highest BCUT2D eigenvalue weighted by molar-refractivity contribution is 6.06. The lowest BCUT2D eigenvalue weighted by Crippen LogP contribution is -2.08. The van der Waals surface area contributed by atoms with Crippen molar-refractivity contribution >= 4 is 17.8 Å². The third-order valence-corrected chi connectivity index (χ3v) is 7.23. The molecule has 0 N–H and O–H groups in total. The summed E-state index contributed by atoms with van der Waals surface area (Å²) in [6.45, 7) is 2.95. The van der Waals surface area contributed by atoms with E-state index in [0.29, 0.717) is 29.2 Å². The topological polar surface area (TPSA) is 61.8 Å². The van der Waals surface area contributed by atoms with Gasteiger partial charge in [-0.15, -0.1) is 0 Å². The van der Waals surface area contributed by atoms with E-state index < -0.39 is 5.97 Å². The first-order valence-corrected chi connectivity index (χ1v) is 15.5. The van der Waals surface area contributed by atoms with Crippen LogP contribution in [-0.2, 0) is 0 Å². The fourth-order valence-corrected chi connectivity index (χ4v) is 4.69. The zero-order valence-electron chi connectivity index (χ0n) is 25.3. The van der Waals surface area contributed by atoms with E-state index in [9.17, 15) is 9.59 Å². The van der Waals surface area contributed by atoms with Crippen molar-refractivity contribution in [3.63, 3.8) is 0 Å². The molecule has 5 heteroatoms. The Bertz CT molecular complexity index is 1230. The van der Waals surface area contributed by atoms with Gasteiger partial charge in [0.1, 0.15) is 17.2 Å². The smallest absolute Gasteiger partial charge is 0.343 e. The SMILES string of the molecule is CCCCCCCCCCCCCCOc1ccc(C(=O)Oc2cccc(/C=C/C(=O)c3ccc(OC)cc3)c2)cc1. The molecule has 0 unspecified atom stereocenters. The van der Waals surface area contributed by atoms with Crippen LogP contribution in [0.5, 0.6) is 17.2 Å². The van der Waals surface area contributed by atoms with Crippen LogP contribution in [0.15, 0.2) is 78.9 Å². The number of unbranched alkanes of at least 4 members (excludes halogenated alkanes) is 11. The lowest BCUT2D eigenvalue weighted by molar-refractivity contribution is 0.0734. The van der Waals surface area contributed by atoms with Gasteiger partial charge in [0.15, 0.2) is 5.78 Å². The predicted molar refractivity (Wildman–Crippen MR) is 171 cm³/mol. The van der Waals surface area contributed by atoms with E-state index in [-0.39, 0.29) is 5.78 Å². The number of ether oxygens (including phenoxy) is 3. The number of hydrogen-bond donors (Lipinski definition) is 0. The highest BCUT2D eigenvalue weighted by Gasteiger charge is 2.09. The summed E-state index contributed by atoms with van der Waals surface area (Å²) < 4.78 is 16.6. The van der Waals surface area contributed by atoms with Crippen molar-refractivity contribution < 1.29 is 23.8 Å². The maximum Gasteiger partial charge on any atom is 0.343 e. The summed E-state index contributed by atoms with van der Waals surface area (Å²) in [4.78, 5) is 25.1. The molecule has 42 heavy (non-hydrogen) atoms. The Morgan fingerprint density at radius 1 is 0.643 bits per heavy atom. The zero-order chi connectivity index (χ0) is 29.8. The molecule has 0 fully saturated rings. The summed E-state index contributed by atoms with van der Waals surface area (Å²) >= 11 is 0. The molecule has 0 aromatic heterocycles. The lowest BCUT2D eigenvalue weighted by Gasteiger charge is -2.08. The Morgan fingerprint density at radius 2 is 1.21 bits per heavy atom. The average molecular weight is 571 g/mol. The summed E-state index contributed by atoms with van der Waals surface area (Å²) in [7, 11) is 1.58. The van der Waals surface area contributed by atoms with E-state index in [0.717, 1.165) is 17.7 Å². The average Bonchev–Trinajstić information content (AvgIpc) is 3.02. The van der Waals surface area contributed by atoms with Crippen molar-refractivity contribution in [2.75, 3.05) is 13.7 Å². The van der Waals surface area contributed by atoms with Gasteiger partial charge in [0.25, 0.3) is 0 Å². The molecule has 0 heterocycles. The van der Waals surface area contributed by atoms with E-state index in [4.69, 9.17) is 14.2 Å². The molecule has 3 aromatic rings. The number of hydrogen-bond acceptors (Lipinski definition) is 5. The van der Waals surface area contributed by atoms with Crippen LogP contribution in [0.25, 0.3) is 6.08 Å². The Kier molecular flexibility index (Phi) is 15.0. The number of esters is 1. The van der Waals surface area contributed by atoms with Gasteiger partial charge in [-0.25, -0.2) is 4.79 Å². The quantitative estimate of drug-likeness (QED) is 0.0445. The monoisotopic (exact) mass is 570 g/mol. The highest BCUT2D eigenvalue weighted by Crippen LogP contribution is 2.19. The van der Waals surface area contributed by atoms with Gasteiger partial charge >= 0.3 is 5.97 Å². The summed E-state index contributed by atoms with van der Waals surface area (Å²) in [6, 6.07) is 21.1. The molecule has 3 aromatic carbocycles. The third kappa shape index (κ3) is 12.3. The van der Waals surface area contributed by atoms with Gasteiger partial charge in [-0.3, -0.25) is 4.79 Å². The number of allylic oxidation sites excluding steroid dienone is 1. The van der Waals surface area contributed by atoms with Crippen molar-refractivity contribution in [1.82, 2.24) is 0 Å². The molecule has 0 aliphatic rings. The second kappa shape index (κ2) is 19.3. The second-order valence-electron chi connectivity index (χ2n) is 10.7. The predicted octanol–water partition coefficient (Wildman–Crippen LogP) is 9.89. The minimum absolute atomic E-state index is 0.124. The van der Waals surface area contributed by atoms with Crippen LogP contribution in [0.2, 0.25) is 0 Å². The summed E-state index contributed by atoms with van der Waals surface area (Å²) in [5, 5.41) is 0. The van der Waals surface area contributed by atoms with Crippen LogP contribution >= 0.6 is 0 Å². The van der Waals surface area contributed by atoms with Gasteiger partial charge in [0, 0.05) is 5.56 Å². The Balaban J connectivity index is 1.33. The highest BCUT2D eigenvalue weighted by atomic mass is 16.5. The van der Waals surface area contributed by atoms with E-state index in [1.165, 1.54) is 76.7 Å². The van der Waals surface area contributed by atoms with Crippen LogP contribution in [0.4, 0.5) is 0 Å². The summed E-state index contributed by atoms with van der Waals surface area (Å²) in [5.41, 5.74) is 1.77. The Labute approximate surface area is 251 Å². The van der Waals surface area contributed by atoms with Crippen LogP contribution in [0.3, 0.4) is 0 Å². The number of rotatable bonds is 20. The maximum absolute atomic E-state index is 12.7. The van der Waals surface area contributed by atoms with Crippen molar-refractivity contribution in [3.05, 3.63) is 95.6 Å². The molecule has 0 bridgehead atoms. The molecule has 5 nitrogen and oxygen atoms in total. The maximum atomic E-state index is 12.7. The number of methoxy groups -OCH3 is 1. The second-order valence-corrected chi connectivity index (χ2v) is 10.7. The molecule has 0 atom stereocenters. The van der Waals surface area contributed by atoms with Gasteiger partial charge in [-0.1, -0.05) is 95.8 Å². The molecule has 0 spiro atoms. The first-order valence-electron chi connectivity index (χ1n) is 15.5. The minimum atomic E-state index is -0.446. The fraction of sp³-hybridized carbons (Fsp3) is 0.405. The molecule has 0 aliphatic heterocycles. The number of carbonyl (C=O) groups excluding carboxylic acids is 2. The molecular weight excluding hydrogens is 524 g/mol. The standard InChI is InChI=1S/C37H46O5/c1-3-4-5-6-7-8-9-10-11-12-13-14-28-41-34-25-21-32(22-26-34)37(39)42-35-17-15-16-30(29-35)18-27-36(38)31-19-23-33(40-2)24-20-31/h15-27,29H,3-14,28H2,1-2H3/b27-18+. The van der Waals surface area contributed by atoms with Crippen molar-refractivity contribution in [2.45, 2.75) is 84.0 Å². The molecule has 0 saturated carbocycles. The van der Waals surface area contributed by atoms with E-state index in [1.807, 2.05) is 6.07 Å². The van der Waals surface area contributed by atoms with E-state index >= 15 is 0 Å². The van der Waals surface area contributed by atoms with Crippen molar-refractivity contribution in [2.24, 2.45) is 0 Å². The van der Waals surface area contributed by atoms with Gasteiger partial charge in [-0.2, -0.15) is 0 Å². The minimum Gasteiger partial charge on any atom is -0.497 e. The van der Waals surface area contributed by atoms with Crippen molar-refractivity contribution in [1.29, 1.82) is 0 Å². The number of benzene rings is 3. The third-order valence-electron chi connectivity index (χ3n) is 7.23. The normalized spacial score (nSPS) is 11.0. The summed E-state index contributed by atoms with van der Waals surface area (Å²) in [6.07, 6.45) is 19.0. The molecule has 0 radical (unpaired) electrons. The Morgan fingerprint density at radius 3 is 1.83 bits per heavy atom. The van der Waals surface area contributed by atoms with Crippen LogP contribution in [0, 0.1) is 0 Å². The van der Waals surface area contributed by atoms with Gasteiger partial charge < -0.3 is 14.2 Å². The Hall–Kier alpha value is -3.86. The van der Waals surface area contributed by atoms with E-state index in [1.54, 1.807) is 79.9 Å². The van der Waals surface area contributed by atoms with Gasteiger partial charge in [-0.05, 0) is 78.7 Å². The largest absolute Gasteiger partial charge is 0.497 e. The van der Waals surface area contributed by atoms with E-state index in [2.05, 4.69) is 6.92 Å². The molecule has 0 saturated heterocycles. The molecule has 0 aliphatic carbocycles. The van der Waals surface area contributed by atoms with Crippen LogP contribution in [-0.4, -0.2) is 25.5 Å². The number of ketones is 1. The first kappa shape index (κ1) is 32.7. The zero-order valence-corrected chi connectivity index (χ0v) is 25.3. The fourth-order valence-electron chi connectivity index (χ4n) is 4.69.